The van der Waals surface area contributed by atoms with Gasteiger partial charge in [0.2, 0.25) is 17.2 Å². The molecular weight excluding hydrogens is 284 g/mol. The summed E-state index contributed by atoms with van der Waals surface area (Å²) < 4.78 is 1.67. The molecule has 0 aromatic carbocycles. The Labute approximate surface area is 118 Å². The van der Waals surface area contributed by atoms with Gasteiger partial charge in [-0.2, -0.15) is 26.3 Å². The Bertz CT molecular complexity index is 652. The number of imidazole rings is 1. The summed E-state index contributed by atoms with van der Waals surface area (Å²) in [5, 5.41) is 7.35. The van der Waals surface area contributed by atoms with Gasteiger partial charge in [0.15, 0.2) is 0 Å². The highest BCUT2D eigenvalue weighted by Gasteiger charge is 2.06. The molecule has 3 aromatic rings. The predicted molar refractivity (Wildman–Crippen MR) is 73.6 cm³/mol. The summed E-state index contributed by atoms with van der Waals surface area (Å²) in [5.74, 6) is 0.875. The molecule has 0 amide bonds. The van der Waals surface area contributed by atoms with Gasteiger partial charge in [-0.05, 0) is 34.0 Å². The van der Waals surface area contributed by atoms with Crippen LogP contribution in [0, 0.1) is 0 Å². The summed E-state index contributed by atoms with van der Waals surface area (Å²) >= 11 is 7.54. The number of rotatable bonds is 4. The Morgan fingerprint density at radius 1 is 1.32 bits per heavy atom. The summed E-state index contributed by atoms with van der Waals surface area (Å²) in [6.07, 6.45) is 5.00. The van der Waals surface area contributed by atoms with E-state index in [2.05, 4.69) is 30.6 Å². The molecule has 1 N–H and O–H groups in total. The van der Waals surface area contributed by atoms with Crippen LogP contribution in [-0.2, 0) is 6.54 Å². The van der Waals surface area contributed by atoms with E-state index in [0.717, 1.165) is 0 Å². The van der Waals surface area contributed by atoms with E-state index in [9.17, 15) is 0 Å². The second-order valence-electron chi connectivity index (χ2n) is 3.68. The normalized spacial score (nSPS) is 10.6. The summed E-state index contributed by atoms with van der Waals surface area (Å²) in [4.78, 5) is 16.3. The zero-order valence-electron chi connectivity index (χ0n) is 9.69. The van der Waals surface area contributed by atoms with Crippen molar-refractivity contribution in [3.63, 3.8) is 0 Å². The van der Waals surface area contributed by atoms with Crippen molar-refractivity contribution < 1.29 is 0 Å². The molecular formula is C11H9ClN6S. The average Bonchev–Trinajstić information content (AvgIpc) is 3.09. The average molecular weight is 293 g/mol. The fourth-order valence-electron chi connectivity index (χ4n) is 1.49. The minimum atomic E-state index is 0.145. The van der Waals surface area contributed by atoms with Gasteiger partial charge in [0, 0.05) is 18.9 Å². The molecule has 3 rings (SSSR count). The van der Waals surface area contributed by atoms with Crippen molar-refractivity contribution in [1.82, 2.24) is 24.5 Å². The monoisotopic (exact) mass is 292 g/mol. The molecule has 0 unspecified atom stereocenters. The highest BCUT2D eigenvalue weighted by Crippen LogP contribution is 2.12. The Morgan fingerprint density at radius 2 is 2.26 bits per heavy atom. The van der Waals surface area contributed by atoms with Crippen LogP contribution in [0.5, 0.6) is 0 Å². The van der Waals surface area contributed by atoms with Gasteiger partial charge < -0.3 is 5.32 Å². The summed E-state index contributed by atoms with van der Waals surface area (Å²) in [5.41, 5.74) is 1.17. The molecule has 0 spiro atoms. The van der Waals surface area contributed by atoms with E-state index in [0.29, 0.717) is 18.4 Å². The summed E-state index contributed by atoms with van der Waals surface area (Å²) in [7, 11) is 0. The lowest BCUT2D eigenvalue weighted by atomic mass is 10.3. The van der Waals surface area contributed by atoms with Crippen LogP contribution in [0.2, 0.25) is 5.28 Å². The van der Waals surface area contributed by atoms with Gasteiger partial charge in [-0.3, -0.25) is 4.57 Å². The predicted octanol–water partition coefficient (Wildman–Crippen LogP) is 2.38. The van der Waals surface area contributed by atoms with E-state index in [-0.39, 0.29) is 5.28 Å². The number of hydrogen-bond acceptors (Lipinski definition) is 6. The van der Waals surface area contributed by atoms with E-state index in [1.54, 1.807) is 34.6 Å². The Balaban J connectivity index is 1.82. The lowest BCUT2D eigenvalue weighted by Crippen LogP contribution is -2.08. The quantitative estimate of drug-likeness (QED) is 0.799. The molecule has 0 aliphatic rings. The number of thiophene rings is 1. The van der Waals surface area contributed by atoms with E-state index in [4.69, 9.17) is 11.6 Å². The van der Waals surface area contributed by atoms with Gasteiger partial charge in [0.1, 0.15) is 6.33 Å². The molecule has 6 nitrogen and oxygen atoms in total. The van der Waals surface area contributed by atoms with Gasteiger partial charge in [-0.25, -0.2) is 4.98 Å². The molecule has 0 radical (unpaired) electrons. The first kappa shape index (κ1) is 12.1. The van der Waals surface area contributed by atoms with E-state index < -0.39 is 0 Å². The van der Waals surface area contributed by atoms with E-state index in [1.165, 1.54) is 5.56 Å². The van der Waals surface area contributed by atoms with E-state index >= 15 is 0 Å². The maximum Gasteiger partial charge on any atom is 0.241 e. The number of nitrogens with one attached hydrogen (secondary N) is 1. The third-order valence-corrected chi connectivity index (χ3v) is 3.26. The number of aromatic nitrogens is 5. The van der Waals surface area contributed by atoms with Crippen LogP contribution in [-0.4, -0.2) is 24.5 Å². The Hall–Kier alpha value is -1.99. The van der Waals surface area contributed by atoms with Crippen molar-refractivity contribution in [2.75, 3.05) is 5.32 Å². The molecule has 96 valence electrons. The molecule has 0 aliphatic heterocycles. The van der Waals surface area contributed by atoms with Crippen molar-refractivity contribution in [3.05, 3.63) is 46.4 Å². The largest absolute Gasteiger partial charge is 0.350 e. The first-order valence-corrected chi connectivity index (χ1v) is 6.78. The molecule has 0 bridgehead atoms. The molecule has 0 aliphatic carbocycles. The molecule has 0 fully saturated rings. The fraction of sp³-hybridized carbons (Fsp3) is 0.0909. The smallest absolute Gasteiger partial charge is 0.241 e. The first-order valence-electron chi connectivity index (χ1n) is 5.46. The Morgan fingerprint density at radius 3 is 3.00 bits per heavy atom. The molecule has 0 saturated heterocycles. The third kappa shape index (κ3) is 2.88. The molecule has 8 heteroatoms. The lowest BCUT2D eigenvalue weighted by molar-refractivity contribution is 0.889. The van der Waals surface area contributed by atoms with Gasteiger partial charge in [-0.1, -0.05) is 0 Å². The van der Waals surface area contributed by atoms with Crippen molar-refractivity contribution in [3.8, 4) is 5.95 Å². The topological polar surface area (TPSA) is 68.5 Å². The van der Waals surface area contributed by atoms with Crippen molar-refractivity contribution in [2.45, 2.75) is 6.54 Å². The number of nitrogens with zero attached hydrogens (tertiary/aromatic N) is 5. The van der Waals surface area contributed by atoms with Crippen molar-refractivity contribution >= 4 is 28.9 Å². The number of anilines is 1. The van der Waals surface area contributed by atoms with Crippen LogP contribution in [0.25, 0.3) is 5.95 Å². The van der Waals surface area contributed by atoms with Crippen LogP contribution in [0.1, 0.15) is 5.56 Å². The van der Waals surface area contributed by atoms with Crippen molar-refractivity contribution in [2.24, 2.45) is 0 Å². The summed E-state index contributed by atoms with van der Waals surface area (Å²) in [6, 6.07) is 2.04. The third-order valence-electron chi connectivity index (χ3n) is 2.36. The molecule has 3 heterocycles. The minimum Gasteiger partial charge on any atom is -0.350 e. The molecule has 19 heavy (non-hydrogen) atoms. The second kappa shape index (κ2) is 5.33. The number of hydrogen-bond donors (Lipinski definition) is 1. The van der Waals surface area contributed by atoms with Crippen molar-refractivity contribution in [1.29, 1.82) is 0 Å². The van der Waals surface area contributed by atoms with Gasteiger partial charge >= 0.3 is 0 Å². The van der Waals surface area contributed by atoms with Crippen LogP contribution >= 0.6 is 22.9 Å². The zero-order chi connectivity index (χ0) is 13.1. The summed E-state index contributed by atoms with van der Waals surface area (Å²) in [6.45, 7) is 0.646. The molecule has 0 saturated carbocycles. The lowest BCUT2D eigenvalue weighted by Gasteiger charge is -2.06. The fourth-order valence-corrected chi connectivity index (χ4v) is 2.31. The van der Waals surface area contributed by atoms with Gasteiger partial charge in [0.05, 0.1) is 0 Å². The van der Waals surface area contributed by atoms with Gasteiger partial charge in [0.25, 0.3) is 0 Å². The van der Waals surface area contributed by atoms with Crippen LogP contribution in [0.15, 0.2) is 35.5 Å². The first-order chi connectivity index (χ1) is 9.31. The molecule has 3 aromatic heterocycles. The Kier molecular flexibility index (Phi) is 3.39. The van der Waals surface area contributed by atoms with Crippen LogP contribution < -0.4 is 5.32 Å². The zero-order valence-corrected chi connectivity index (χ0v) is 11.3. The SMILES string of the molecule is Clc1nc(NCc2ccsc2)nc(-n2ccnc2)n1. The highest BCUT2D eigenvalue weighted by molar-refractivity contribution is 7.07. The highest BCUT2D eigenvalue weighted by atomic mass is 35.5. The van der Waals surface area contributed by atoms with Crippen LogP contribution in [0.3, 0.4) is 0 Å². The van der Waals surface area contributed by atoms with E-state index in [1.807, 2.05) is 11.4 Å². The van der Waals surface area contributed by atoms with Gasteiger partial charge in [-0.15, -0.1) is 0 Å². The maximum atomic E-state index is 5.89. The molecule has 0 atom stereocenters. The standard InChI is InChI=1S/C11H9ClN6S/c12-9-15-10(14-5-8-1-4-19-6-8)17-11(16-9)18-3-2-13-7-18/h1-4,6-7H,5H2,(H,14,15,16,17). The maximum absolute atomic E-state index is 5.89. The van der Waals surface area contributed by atoms with Crippen LogP contribution in [0.4, 0.5) is 5.95 Å². The number of halogens is 1. The minimum absolute atomic E-state index is 0.145. The second-order valence-corrected chi connectivity index (χ2v) is 4.80.